The predicted octanol–water partition coefficient (Wildman–Crippen LogP) is 0.923. The normalized spacial score (nSPS) is 16.1. The highest BCUT2D eigenvalue weighted by molar-refractivity contribution is 5.98. The van der Waals surface area contributed by atoms with E-state index in [0.29, 0.717) is 30.8 Å². The number of carboxylic acids is 1. The highest BCUT2D eigenvalue weighted by Crippen LogP contribution is 2.27. The van der Waals surface area contributed by atoms with Crippen molar-refractivity contribution in [2.45, 2.75) is 32.4 Å². The molecule has 1 aliphatic rings. The number of benzene rings is 1. The van der Waals surface area contributed by atoms with Gasteiger partial charge >= 0.3 is 5.97 Å². The molecule has 148 valence electrons. The standard InChI is InChI=1S/C18H21N5O5/c1-11-5-6-15(28-2)12(8-11)19-17(25)14-4-3-7-23(14)16(24)10-22-9-13(18(26)27)20-21-22/h5-6,8-9,14H,3-4,7,10H2,1-2H3,(H,19,25)(H,26,27). The van der Waals surface area contributed by atoms with E-state index in [4.69, 9.17) is 9.84 Å². The number of nitrogens with one attached hydrogen (secondary N) is 1. The maximum atomic E-state index is 12.8. The lowest BCUT2D eigenvalue weighted by atomic mass is 10.1. The minimum atomic E-state index is -1.22. The number of aromatic carboxylic acids is 1. The Morgan fingerprint density at radius 2 is 2.14 bits per heavy atom. The van der Waals surface area contributed by atoms with E-state index in [0.717, 1.165) is 10.2 Å². The monoisotopic (exact) mass is 387 g/mol. The molecular weight excluding hydrogens is 366 g/mol. The van der Waals surface area contributed by atoms with Gasteiger partial charge in [-0.15, -0.1) is 5.10 Å². The third-order valence-electron chi connectivity index (χ3n) is 4.54. The number of likely N-dealkylation sites (tertiary alicyclic amines) is 1. The molecule has 0 spiro atoms. The van der Waals surface area contributed by atoms with Crippen LogP contribution in [0, 0.1) is 6.92 Å². The first-order chi connectivity index (χ1) is 13.4. The number of hydrogen-bond donors (Lipinski definition) is 2. The van der Waals surface area contributed by atoms with Crippen LogP contribution < -0.4 is 10.1 Å². The summed E-state index contributed by atoms with van der Waals surface area (Å²) in [6, 6.07) is 4.84. The van der Waals surface area contributed by atoms with E-state index in [2.05, 4.69) is 15.6 Å². The average molecular weight is 387 g/mol. The largest absolute Gasteiger partial charge is 0.495 e. The summed E-state index contributed by atoms with van der Waals surface area (Å²) in [4.78, 5) is 37.8. The number of carbonyl (C=O) groups is 3. The van der Waals surface area contributed by atoms with E-state index < -0.39 is 12.0 Å². The first-order valence-corrected chi connectivity index (χ1v) is 8.77. The fourth-order valence-electron chi connectivity index (χ4n) is 3.18. The molecule has 1 aromatic heterocycles. The van der Waals surface area contributed by atoms with Crippen molar-refractivity contribution >= 4 is 23.5 Å². The number of hydrogen-bond acceptors (Lipinski definition) is 6. The Morgan fingerprint density at radius 1 is 1.36 bits per heavy atom. The number of aromatic nitrogens is 3. The van der Waals surface area contributed by atoms with Gasteiger partial charge in [-0.05, 0) is 37.5 Å². The molecule has 10 nitrogen and oxygen atoms in total. The second kappa shape index (κ2) is 8.07. The predicted molar refractivity (Wildman–Crippen MR) is 98.1 cm³/mol. The number of ether oxygens (including phenoxy) is 1. The van der Waals surface area contributed by atoms with Crippen molar-refractivity contribution in [3.05, 3.63) is 35.7 Å². The highest BCUT2D eigenvalue weighted by atomic mass is 16.5. The summed E-state index contributed by atoms with van der Waals surface area (Å²) in [6.45, 7) is 2.17. The molecular formula is C18H21N5O5. The summed E-state index contributed by atoms with van der Waals surface area (Å²) < 4.78 is 6.43. The van der Waals surface area contributed by atoms with Gasteiger partial charge in [0, 0.05) is 6.54 Å². The van der Waals surface area contributed by atoms with Gasteiger partial charge in [-0.25, -0.2) is 9.48 Å². The number of aryl methyl sites for hydroxylation is 1. The summed E-state index contributed by atoms with van der Waals surface area (Å²) in [7, 11) is 1.52. The Kier molecular flexibility index (Phi) is 5.57. The zero-order valence-corrected chi connectivity index (χ0v) is 15.6. The summed E-state index contributed by atoms with van der Waals surface area (Å²) in [6.07, 6.45) is 2.43. The number of nitrogens with zero attached hydrogens (tertiary/aromatic N) is 4. The summed E-state index contributed by atoms with van der Waals surface area (Å²) in [5.74, 6) is -1.29. The molecule has 1 atom stereocenters. The van der Waals surface area contributed by atoms with E-state index in [1.165, 1.54) is 18.2 Å². The van der Waals surface area contributed by atoms with Crippen molar-refractivity contribution in [2.75, 3.05) is 19.0 Å². The van der Waals surface area contributed by atoms with E-state index in [1.54, 1.807) is 12.1 Å². The van der Waals surface area contributed by atoms with E-state index in [9.17, 15) is 14.4 Å². The van der Waals surface area contributed by atoms with Crippen LogP contribution in [-0.2, 0) is 16.1 Å². The third-order valence-corrected chi connectivity index (χ3v) is 4.54. The molecule has 2 heterocycles. The maximum absolute atomic E-state index is 12.8. The van der Waals surface area contributed by atoms with Crippen LogP contribution in [0.5, 0.6) is 5.75 Å². The molecule has 10 heteroatoms. The SMILES string of the molecule is COc1ccc(C)cc1NC(=O)C1CCCN1C(=O)Cn1cc(C(=O)O)nn1. The summed E-state index contributed by atoms with van der Waals surface area (Å²) in [5, 5.41) is 18.9. The number of carboxylic acid groups (broad SMARTS) is 1. The molecule has 2 amide bonds. The van der Waals surface area contributed by atoms with Gasteiger partial charge in [0.1, 0.15) is 18.3 Å². The van der Waals surface area contributed by atoms with Crippen LogP contribution >= 0.6 is 0 Å². The van der Waals surface area contributed by atoms with Gasteiger partial charge in [-0.1, -0.05) is 11.3 Å². The van der Waals surface area contributed by atoms with Gasteiger partial charge < -0.3 is 20.1 Å². The highest BCUT2D eigenvalue weighted by Gasteiger charge is 2.34. The van der Waals surface area contributed by atoms with Crippen LogP contribution in [0.2, 0.25) is 0 Å². The topological polar surface area (TPSA) is 127 Å². The molecule has 1 unspecified atom stereocenters. The fraction of sp³-hybridized carbons (Fsp3) is 0.389. The summed E-state index contributed by atoms with van der Waals surface area (Å²) in [5.41, 5.74) is 1.28. The van der Waals surface area contributed by atoms with E-state index in [-0.39, 0.29) is 24.1 Å². The number of rotatable bonds is 6. The molecule has 1 saturated heterocycles. The second-order valence-corrected chi connectivity index (χ2v) is 6.54. The van der Waals surface area contributed by atoms with Crippen molar-refractivity contribution in [3.8, 4) is 5.75 Å². The van der Waals surface area contributed by atoms with Gasteiger partial charge in [0.15, 0.2) is 5.69 Å². The molecule has 1 aliphatic heterocycles. The maximum Gasteiger partial charge on any atom is 0.358 e. The first-order valence-electron chi connectivity index (χ1n) is 8.77. The lowest BCUT2D eigenvalue weighted by Crippen LogP contribution is -2.44. The molecule has 2 N–H and O–H groups in total. The molecule has 2 aromatic rings. The third kappa shape index (κ3) is 4.11. The molecule has 0 saturated carbocycles. The van der Waals surface area contributed by atoms with E-state index >= 15 is 0 Å². The molecule has 1 fully saturated rings. The fourth-order valence-corrected chi connectivity index (χ4v) is 3.18. The van der Waals surface area contributed by atoms with Gasteiger partial charge in [-0.3, -0.25) is 9.59 Å². The summed E-state index contributed by atoms with van der Waals surface area (Å²) >= 11 is 0. The first kappa shape index (κ1) is 19.3. The van der Waals surface area contributed by atoms with Crippen LogP contribution in [0.4, 0.5) is 5.69 Å². The Morgan fingerprint density at radius 3 is 2.82 bits per heavy atom. The van der Waals surface area contributed by atoms with Crippen molar-refractivity contribution in [1.29, 1.82) is 0 Å². The van der Waals surface area contributed by atoms with Crippen LogP contribution in [0.25, 0.3) is 0 Å². The van der Waals surface area contributed by atoms with Crippen molar-refractivity contribution in [2.24, 2.45) is 0 Å². The van der Waals surface area contributed by atoms with Crippen molar-refractivity contribution in [3.63, 3.8) is 0 Å². The van der Waals surface area contributed by atoms with Crippen LogP contribution in [0.3, 0.4) is 0 Å². The number of methoxy groups -OCH3 is 1. The number of amides is 2. The van der Waals surface area contributed by atoms with Crippen molar-refractivity contribution < 1.29 is 24.2 Å². The Hall–Kier alpha value is -3.43. The Labute approximate surface area is 161 Å². The zero-order valence-electron chi connectivity index (χ0n) is 15.6. The molecule has 0 radical (unpaired) electrons. The quantitative estimate of drug-likeness (QED) is 0.755. The van der Waals surface area contributed by atoms with E-state index in [1.807, 2.05) is 13.0 Å². The van der Waals surface area contributed by atoms with Gasteiger partial charge in [0.25, 0.3) is 0 Å². The molecule has 1 aromatic carbocycles. The molecule has 3 rings (SSSR count). The van der Waals surface area contributed by atoms with Crippen molar-refractivity contribution in [1.82, 2.24) is 19.9 Å². The molecule has 0 bridgehead atoms. The lowest BCUT2D eigenvalue weighted by molar-refractivity contribution is -0.137. The number of carbonyl (C=O) groups excluding carboxylic acids is 2. The minimum absolute atomic E-state index is 0.183. The van der Waals surface area contributed by atoms with Gasteiger partial charge in [0.05, 0.1) is 19.0 Å². The zero-order chi connectivity index (χ0) is 20.3. The Balaban J connectivity index is 1.69. The Bertz CT molecular complexity index is 910. The molecule has 0 aliphatic carbocycles. The average Bonchev–Trinajstić information content (AvgIpc) is 3.31. The smallest absolute Gasteiger partial charge is 0.358 e. The van der Waals surface area contributed by atoms with Crippen LogP contribution in [0.1, 0.15) is 28.9 Å². The minimum Gasteiger partial charge on any atom is -0.495 e. The lowest BCUT2D eigenvalue weighted by Gasteiger charge is -2.24. The molecule has 28 heavy (non-hydrogen) atoms. The number of anilines is 1. The van der Waals surface area contributed by atoms with Crippen LogP contribution in [0.15, 0.2) is 24.4 Å². The van der Waals surface area contributed by atoms with Gasteiger partial charge in [-0.2, -0.15) is 0 Å². The van der Waals surface area contributed by atoms with Gasteiger partial charge in [0.2, 0.25) is 11.8 Å². The van der Waals surface area contributed by atoms with Crippen LogP contribution in [-0.4, -0.2) is 62.5 Å². The second-order valence-electron chi connectivity index (χ2n) is 6.54.